The van der Waals surface area contributed by atoms with Gasteiger partial charge < -0.3 is 4.57 Å². The first-order valence-electron chi connectivity index (χ1n) is 4.24. The first-order chi connectivity index (χ1) is 7.16. The van der Waals surface area contributed by atoms with Crippen molar-refractivity contribution in [2.24, 2.45) is 7.05 Å². The Kier molecular flexibility index (Phi) is 2.63. The minimum Gasteiger partial charge on any atom is -0.307 e. The second-order valence-electron chi connectivity index (χ2n) is 2.98. The molecule has 0 bridgehead atoms. The maximum absolute atomic E-state index is 11.6. The van der Waals surface area contributed by atoms with Crippen LogP contribution in [-0.4, -0.2) is 24.8 Å². The summed E-state index contributed by atoms with van der Waals surface area (Å²) in [6.07, 6.45) is 1.68. The highest BCUT2D eigenvalue weighted by molar-refractivity contribution is 9.10. The Morgan fingerprint density at radius 1 is 1.53 bits per heavy atom. The van der Waals surface area contributed by atoms with Crippen LogP contribution in [0.5, 0.6) is 0 Å². The summed E-state index contributed by atoms with van der Waals surface area (Å²) in [5, 5.41) is 11.5. The van der Waals surface area contributed by atoms with Gasteiger partial charge in [0.15, 0.2) is 5.82 Å². The fraction of sp³-hybridized carbons (Fsp3) is 0.250. The lowest BCUT2D eigenvalue weighted by Gasteiger charge is -2.01. The van der Waals surface area contributed by atoms with Crippen LogP contribution < -0.4 is 5.56 Å². The molecule has 0 aliphatic carbocycles. The van der Waals surface area contributed by atoms with Crippen LogP contribution in [0.1, 0.15) is 5.82 Å². The molecule has 0 aliphatic heterocycles. The molecule has 0 atom stereocenters. The van der Waals surface area contributed by atoms with Crippen LogP contribution in [0, 0.1) is 0 Å². The van der Waals surface area contributed by atoms with E-state index in [1.54, 1.807) is 25.4 Å². The average Bonchev–Trinajstić information content (AvgIpc) is 2.59. The summed E-state index contributed by atoms with van der Waals surface area (Å²) in [6, 6.07) is 3.48. The number of hydrogen-bond acceptors (Lipinski definition) is 4. The lowest BCUT2D eigenvalue weighted by atomic mass is 10.4. The van der Waals surface area contributed by atoms with E-state index in [-0.39, 0.29) is 5.56 Å². The number of rotatable bonds is 2. The molecular formula is C8H8BrN5O. The van der Waals surface area contributed by atoms with Gasteiger partial charge in [-0.25, -0.2) is 0 Å². The highest BCUT2D eigenvalue weighted by atomic mass is 79.9. The normalized spacial score (nSPS) is 10.5. The van der Waals surface area contributed by atoms with Gasteiger partial charge in [-0.1, -0.05) is 0 Å². The Bertz CT molecular complexity index is 532. The molecule has 2 heterocycles. The second-order valence-corrected chi connectivity index (χ2v) is 3.84. The minimum atomic E-state index is -0.107. The predicted octanol–water partition coefficient (Wildman–Crippen LogP) is 0.183. The number of tetrazole rings is 1. The molecule has 78 valence electrons. The summed E-state index contributed by atoms with van der Waals surface area (Å²) in [5.74, 6) is 0.512. The third kappa shape index (κ3) is 2.12. The summed E-state index contributed by atoms with van der Waals surface area (Å²) >= 11 is 3.17. The Balaban J connectivity index is 2.32. The molecule has 0 N–H and O–H groups in total. The molecule has 2 aromatic rings. The highest BCUT2D eigenvalue weighted by Crippen LogP contribution is 2.01. The molecule has 0 spiro atoms. The number of nitrogens with zero attached hydrogens (tertiary/aromatic N) is 5. The predicted molar refractivity (Wildman–Crippen MR) is 56.3 cm³/mol. The largest absolute Gasteiger partial charge is 0.307 e. The van der Waals surface area contributed by atoms with Crippen molar-refractivity contribution in [2.45, 2.75) is 6.54 Å². The van der Waals surface area contributed by atoms with Crippen LogP contribution in [0.25, 0.3) is 0 Å². The summed E-state index contributed by atoms with van der Waals surface area (Å²) in [5.41, 5.74) is -0.107. The average molecular weight is 270 g/mol. The third-order valence-electron chi connectivity index (χ3n) is 1.84. The van der Waals surface area contributed by atoms with Crippen LogP contribution in [0.15, 0.2) is 27.6 Å². The van der Waals surface area contributed by atoms with E-state index in [1.165, 1.54) is 9.36 Å². The third-order valence-corrected chi connectivity index (χ3v) is 2.44. The molecule has 7 heteroatoms. The van der Waals surface area contributed by atoms with Gasteiger partial charge in [-0.3, -0.25) is 4.79 Å². The number of halogens is 1. The number of hydrogen-bond donors (Lipinski definition) is 0. The molecule has 0 aliphatic rings. The number of pyridine rings is 1. The smallest absolute Gasteiger partial charge is 0.265 e. The van der Waals surface area contributed by atoms with Gasteiger partial charge >= 0.3 is 0 Å². The maximum Gasteiger partial charge on any atom is 0.265 e. The fourth-order valence-corrected chi connectivity index (χ4v) is 1.55. The van der Waals surface area contributed by atoms with Crippen molar-refractivity contribution in [3.8, 4) is 0 Å². The zero-order valence-corrected chi connectivity index (χ0v) is 9.55. The van der Waals surface area contributed by atoms with Crippen molar-refractivity contribution in [1.29, 1.82) is 0 Å². The summed E-state index contributed by atoms with van der Waals surface area (Å²) in [6.45, 7) is 0.326. The SMILES string of the molecule is Cn1nnc(Cn2cccc(Br)c2=O)n1. The summed E-state index contributed by atoms with van der Waals surface area (Å²) in [4.78, 5) is 13.0. The monoisotopic (exact) mass is 269 g/mol. The number of aryl methyl sites for hydroxylation is 1. The standard InChI is InChI=1S/C8H8BrN5O/c1-13-11-7(10-12-13)5-14-4-2-3-6(9)8(14)15/h2-4H,5H2,1H3. The Morgan fingerprint density at radius 3 is 3.00 bits per heavy atom. The topological polar surface area (TPSA) is 65.6 Å². The molecule has 0 fully saturated rings. The lowest BCUT2D eigenvalue weighted by Crippen LogP contribution is -2.20. The Morgan fingerprint density at radius 2 is 2.33 bits per heavy atom. The molecule has 0 amide bonds. The molecule has 0 saturated carbocycles. The van der Waals surface area contributed by atoms with Crippen molar-refractivity contribution in [3.05, 3.63) is 39.0 Å². The zero-order chi connectivity index (χ0) is 10.8. The van der Waals surface area contributed by atoms with E-state index in [2.05, 4.69) is 31.3 Å². The van der Waals surface area contributed by atoms with E-state index in [0.717, 1.165) is 0 Å². The van der Waals surface area contributed by atoms with E-state index in [9.17, 15) is 4.79 Å². The minimum absolute atomic E-state index is 0.107. The highest BCUT2D eigenvalue weighted by Gasteiger charge is 2.04. The quantitative estimate of drug-likeness (QED) is 0.781. The molecule has 2 rings (SSSR count). The van der Waals surface area contributed by atoms with Gasteiger partial charge in [0.2, 0.25) is 0 Å². The molecule has 0 unspecified atom stereocenters. The van der Waals surface area contributed by atoms with Gasteiger partial charge in [-0.2, -0.15) is 4.80 Å². The van der Waals surface area contributed by atoms with Crippen LogP contribution in [0.3, 0.4) is 0 Å². The first-order valence-corrected chi connectivity index (χ1v) is 5.04. The van der Waals surface area contributed by atoms with Crippen LogP contribution in [-0.2, 0) is 13.6 Å². The van der Waals surface area contributed by atoms with Crippen molar-refractivity contribution >= 4 is 15.9 Å². The summed E-state index contributed by atoms with van der Waals surface area (Å²) in [7, 11) is 1.68. The fourth-order valence-electron chi connectivity index (χ4n) is 1.17. The number of aromatic nitrogens is 5. The zero-order valence-electron chi connectivity index (χ0n) is 7.96. The Labute approximate surface area is 93.7 Å². The van der Waals surface area contributed by atoms with Gasteiger partial charge in [0, 0.05) is 6.20 Å². The van der Waals surface area contributed by atoms with Crippen molar-refractivity contribution in [1.82, 2.24) is 24.8 Å². The molecule has 0 radical (unpaired) electrons. The molecule has 0 saturated heterocycles. The van der Waals surface area contributed by atoms with Crippen molar-refractivity contribution in [3.63, 3.8) is 0 Å². The van der Waals surface area contributed by atoms with E-state index in [0.29, 0.717) is 16.8 Å². The molecule has 0 aromatic carbocycles. The van der Waals surface area contributed by atoms with Gasteiger partial charge in [0.25, 0.3) is 5.56 Å². The van der Waals surface area contributed by atoms with Gasteiger partial charge in [0.1, 0.15) is 0 Å². The van der Waals surface area contributed by atoms with E-state index < -0.39 is 0 Å². The maximum atomic E-state index is 11.6. The van der Waals surface area contributed by atoms with Crippen LogP contribution >= 0.6 is 15.9 Å². The molecule has 2 aromatic heterocycles. The van der Waals surface area contributed by atoms with Gasteiger partial charge in [-0.05, 0) is 33.3 Å². The van der Waals surface area contributed by atoms with E-state index in [1.807, 2.05) is 0 Å². The van der Waals surface area contributed by atoms with E-state index >= 15 is 0 Å². The molecule has 6 nitrogen and oxygen atoms in total. The van der Waals surface area contributed by atoms with Crippen molar-refractivity contribution in [2.75, 3.05) is 0 Å². The Hall–Kier alpha value is -1.50. The molecular weight excluding hydrogens is 262 g/mol. The van der Waals surface area contributed by atoms with Crippen molar-refractivity contribution < 1.29 is 0 Å². The van der Waals surface area contributed by atoms with Gasteiger partial charge in [-0.15, -0.1) is 10.2 Å². The summed E-state index contributed by atoms with van der Waals surface area (Å²) < 4.78 is 2.04. The van der Waals surface area contributed by atoms with E-state index in [4.69, 9.17) is 0 Å². The van der Waals surface area contributed by atoms with Gasteiger partial charge in [0.05, 0.1) is 18.1 Å². The molecule has 15 heavy (non-hydrogen) atoms. The lowest BCUT2D eigenvalue weighted by molar-refractivity contribution is 0.624. The first kappa shape index (κ1) is 10.0. The van der Waals surface area contributed by atoms with Crippen LogP contribution in [0.4, 0.5) is 0 Å². The second kappa shape index (κ2) is 3.93. The van der Waals surface area contributed by atoms with Crippen LogP contribution in [0.2, 0.25) is 0 Å².